The van der Waals surface area contributed by atoms with Gasteiger partial charge >= 0.3 is 0 Å². The van der Waals surface area contributed by atoms with Crippen molar-refractivity contribution in [1.29, 1.82) is 0 Å². The summed E-state index contributed by atoms with van der Waals surface area (Å²) < 4.78 is -3.31. The summed E-state index contributed by atoms with van der Waals surface area (Å²) in [6.07, 6.45) is 1.43. The van der Waals surface area contributed by atoms with Crippen molar-refractivity contribution in [1.82, 2.24) is 0 Å². The Morgan fingerprint density at radius 1 is 1.08 bits per heavy atom. The molecule has 0 N–H and O–H groups in total. The van der Waals surface area contributed by atoms with E-state index in [0.29, 0.717) is 6.42 Å². The maximum absolute atomic E-state index is 5.84. The third-order valence-corrected chi connectivity index (χ3v) is 4.65. The van der Waals surface area contributed by atoms with Crippen molar-refractivity contribution in [2.75, 3.05) is 0 Å². The van der Waals surface area contributed by atoms with Crippen LogP contribution in [0.15, 0.2) is 0 Å². The predicted molar refractivity (Wildman–Crippen MR) is 59.3 cm³/mol. The van der Waals surface area contributed by atoms with Gasteiger partial charge in [-0.05, 0) is 6.42 Å². The average Bonchev–Trinajstić information content (AvgIpc) is 1.85. The summed E-state index contributed by atoms with van der Waals surface area (Å²) in [6.45, 7) is 1.94. The Bertz CT molecular complexity index is 137. The molecule has 0 aliphatic heterocycles. The standard InChI is InChI=1S/C6H8Cl6/c1-2-3-4(7)5(8,9)6(10,11)12/h4H,2-3H2,1H3. The topological polar surface area (TPSA) is 0 Å². The third-order valence-electron chi connectivity index (χ3n) is 1.31. The quantitative estimate of drug-likeness (QED) is 0.647. The van der Waals surface area contributed by atoms with Crippen molar-refractivity contribution >= 4 is 69.6 Å². The molecule has 0 aliphatic carbocycles. The SMILES string of the molecule is CCCC(Cl)C(Cl)(Cl)C(Cl)(Cl)Cl. The van der Waals surface area contributed by atoms with Crippen LogP contribution in [-0.4, -0.2) is 13.5 Å². The summed E-state index contributed by atoms with van der Waals surface area (Å²) in [5, 5.41) is -0.571. The Balaban J connectivity index is 4.38. The molecule has 0 heterocycles. The maximum Gasteiger partial charge on any atom is 0.224 e. The fourth-order valence-corrected chi connectivity index (χ4v) is 1.78. The molecule has 0 aromatic carbocycles. The zero-order valence-corrected chi connectivity index (χ0v) is 10.8. The van der Waals surface area contributed by atoms with Crippen molar-refractivity contribution < 1.29 is 0 Å². The molecule has 0 aromatic rings. The lowest BCUT2D eigenvalue weighted by Gasteiger charge is -2.31. The van der Waals surface area contributed by atoms with E-state index in [1.165, 1.54) is 0 Å². The molecule has 0 bridgehead atoms. The molecule has 0 aromatic heterocycles. The molecular formula is C6H8Cl6. The molecule has 74 valence electrons. The van der Waals surface area contributed by atoms with Crippen molar-refractivity contribution in [2.24, 2.45) is 0 Å². The third kappa shape index (κ3) is 3.48. The van der Waals surface area contributed by atoms with Gasteiger partial charge in [-0.3, -0.25) is 0 Å². The molecule has 1 unspecified atom stereocenters. The molecule has 0 rings (SSSR count). The van der Waals surface area contributed by atoms with Crippen LogP contribution in [0.3, 0.4) is 0 Å². The van der Waals surface area contributed by atoms with E-state index in [2.05, 4.69) is 0 Å². The molecule has 0 saturated heterocycles. The summed E-state index contributed by atoms with van der Waals surface area (Å²) in [5.41, 5.74) is 0. The Morgan fingerprint density at radius 3 is 1.75 bits per heavy atom. The van der Waals surface area contributed by atoms with Crippen LogP contribution in [0.25, 0.3) is 0 Å². The summed E-state index contributed by atoms with van der Waals surface area (Å²) in [6, 6.07) is 0. The van der Waals surface area contributed by atoms with Gasteiger partial charge in [0.2, 0.25) is 3.79 Å². The van der Waals surface area contributed by atoms with E-state index in [1.54, 1.807) is 0 Å². The largest absolute Gasteiger partial charge is 0.224 e. The predicted octanol–water partition coefficient (Wildman–Crippen LogP) is 4.94. The Kier molecular flexibility index (Phi) is 5.72. The molecule has 6 heteroatoms. The number of halogens is 6. The molecular weight excluding hydrogens is 285 g/mol. The van der Waals surface area contributed by atoms with E-state index in [4.69, 9.17) is 69.6 Å². The lowest BCUT2D eigenvalue weighted by atomic mass is 10.2. The van der Waals surface area contributed by atoms with Crippen molar-refractivity contribution in [3.63, 3.8) is 0 Å². The van der Waals surface area contributed by atoms with Crippen LogP contribution in [-0.2, 0) is 0 Å². The summed E-state index contributed by atoms with van der Waals surface area (Å²) in [4.78, 5) is 0. The highest BCUT2D eigenvalue weighted by molar-refractivity contribution is 6.76. The first-order chi connectivity index (χ1) is 5.23. The molecule has 0 aliphatic rings. The Labute approximate surface area is 102 Å². The second-order valence-electron chi connectivity index (χ2n) is 2.38. The summed E-state index contributed by atoms with van der Waals surface area (Å²) >= 11 is 34.0. The zero-order valence-electron chi connectivity index (χ0n) is 6.26. The van der Waals surface area contributed by atoms with Gasteiger partial charge < -0.3 is 0 Å². The number of hydrogen-bond acceptors (Lipinski definition) is 0. The van der Waals surface area contributed by atoms with Crippen LogP contribution in [0.4, 0.5) is 0 Å². The van der Waals surface area contributed by atoms with Crippen LogP contribution in [0.5, 0.6) is 0 Å². The molecule has 0 radical (unpaired) electrons. The van der Waals surface area contributed by atoms with Gasteiger partial charge in [0.05, 0.1) is 5.38 Å². The Hall–Kier alpha value is 1.74. The smallest absolute Gasteiger partial charge is 0.120 e. The first-order valence-corrected chi connectivity index (χ1v) is 5.64. The number of alkyl halides is 6. The van der Waals surface area contributed by atoms with Crippen molar-refractivity contribution in [3.05, 3.63) is 0 Å². The fraction of sp³-hybridized carbons (Fsp3) is 1.00. The van der Waals surface area contributed by atoms with Gasteiger partial charge in [-0.1, -0.05) is 71.3 Å². The molecule has 12 heavy (non-hydrogen) atoms. The van der Waals surface area contributed by atoms with Crippen molar-refractivity contribution in [2.45, 2.75) is 33.3 Å². The molecule has 0 spiro atoms. The van der Waals surface area contributed by atoms with E-state index in [9.17, 15) is 0 Å². The summed E-state index contributed by atoms with van der Waals surface area (Å²) in [7, 11) is 0. The van der Waals surface area contributed by atoms with Crippen molar-refractivity contribution in [3.8, 4) is 0 Å². The van der Waals surface area contributed by atoms with Crippen LogP contribution < -0.4 is 0 Å². The van der Waals surface area contributed by atoms with Gasteiger partial charge in [-0.25, -0.2) is 0 Å². The van der Waals surface area contributed by atoms with Crippen LogP contribution in [0.1, 0.15) is 19.8 Å². The Morgan fingerprint density at radius 2 is 1.50 bits per heavy atom. The van der Waals surface area contributed by atoms with Crippen LogP contribution in [0, 0.1) is 0 Å². The van der Waals surface area contributed by atoms with E-state index in [1.807, 2.05) is 6.92 Å². The highest BCUT2D eigenvalue weighted by atomic mass is 35.6. The minimum atomic E-state index is -1.77. The number of rotatable bonds is 3. The molecule has 0 fully saturated rings. The van der Waals surface area contributed by atoms with Gasteiger partial charge in [0.15, 0.2) is 4.33 Å². The highest BCUT2D eigenvalue weighted by Gasteiger charge is 2.50. The number of hydrogen-bond donors (Lipinski definition) is 0. The monoisotopic (exact) mass is 290 g/mol. The molecule has 1 atom stereocenters. The average molecular weight is 293 g/mol. The van der Waals surface area contributed by atoms with Gasteiger partial charge in [-0.15, -0.1) is 11.6 Å². The van der Waals surface area contributed by atoms with E-state index in [0.717, 1.165) is 6.42 Å². The van der Waals surface area contributed by atoms with Gasteiger partial charge in [-0.2, -0.15) is 0 Å². The highest BCUT2D eigenvalue weighted by Crippen LogP contribution is 2.50. The van der Waals surface area contributed by atoms with Gasteiger partial charge in [0.1, 0.15) is 0 Å². The van der Waals surface area contributed by atoms with E-state index >= 15 is 0 Å². The molecule has 0 amide bonds. The van der Waals surface area contributed by atoms with E-state index < -0.39 is 13.5 Å². The van der Waals surface area contributed by atoms with Gasteiger partial charge in [0.25, 0.3) is 0 Å². The lowest BCUT2D eigenvalue weighted by Crippen LogP contribution is -2.39. The second-order valence-corrected chi connectivity index (χ2v) is 6.57. The lowest BCUT2D eigenvalue weighted by molar-refractivity contribution is 0.652. The van der Waals surface area contributed by atoms with Crippen LogP contribution in [0.2, 0.25) is 0 Å². The van der Waals surface area contributed by atoms with Gasteiger partial charge in [0, 0.05) is 0 Å². The zero-order chi connectivity index (χ0) is 9.99. The first kappa shape index (κ1) is 13.7. The molecule has 0 nitrogen and oxygen atoms in total. The van der Waals surface area contributed by atoms with E-state index in [-0.39, 0.29) is 0 Å². The minimum absolute atomic E-state index is 0.571. The normalized spacial score (nSPS) is 16.2. The summed E-state index contributed by atoms with van der Waals surface area (Å²) in [5.74, 6) is 0. The fourth-order valence-electron chi connectivity index (χ4n) is 0.612. The minimum Gasteiger partial charge on any atom is -0.120 e. The van der Waals surface area contributed by atoms with Crippen LogP contribution >= 0.6 is 69.6 Å². The second kappa shape index (κ2) is 5.00. The molecule has 0 saturated carbocycles. The first-order valence-electron chi connectivity index (χ1n) is 3.32. The maximum atomic E-state index is 5.84.